The lowest BCUT2D eigenvalue weighted by atomic mass is 10.0. The molecule has 0 heterocycles. The number of nitrogens with one attached hydrogen (secondary N) is 1. The molecular formula is C18H23NO2. The summed E-state index contributed by atoms with van der Waals surface area (Å²) in [6.45, 7) is 4.10. The minimum absolute atomic E-state index is 0.0476. The van der Waals surface area contributed by atoms with Gasteiger partial charge in [0, 0.05) is 12.1 Å². The second-order valence-corrected chi connectivity index (χ2v) is 5.31. The van der Waals surface area contributed by atoms with Crippen molar-refractivity contribution in [2.24, 2.45) is 0 Å². The van der Waals surface area contributed by atoms with Gasteiger partial charge >= 0.3 is 0 Å². The molecule has 3 atom stereocenters. The summed E-state index contributed by atoms with van der Waals surface area (Å²) in [5.41, 5.74) is 2.10. The van der Waals surface area contributed by atoms with Gasteiger partial charge in [-0.1, -0.05) is 42.5 Å². The van der Waals surface area contributed by atoms with Crippen molar-refractivity contribution in [2.45, 2.75) is 32.0 Å². The highest BCUT2D eigenvalue weighted by molar-refractivity contribution is 5.29. The molecule has 0 fully saturated rings. The van der Waals surface area contributed by atoms with Crippen LogP contribution >= 0.6 is 0 Å². The predicted octanol–water partition coefficient (Wildman–Crippen LogP) is 3.47. The van der Waals surface area contributed by atoms with E-state index in [-0.39, 0.29) is 12.1 Å². The third kappa shape index (κ3) is 4.06. The molecule has 2 N–H and O–H groups in total. The summed E-state index contributed by atoms with van der Waals surface area (Å²) < 4.78 is 5.13. The van der Waals surface area contributed by atoms with Crippen LogP contribution in [0.3, 0.4) is 0 Å². The molecule has 0 saturated carbocycles. The third-order valence-corrected chi connectivity index (χ3v) is 3.74. The lowest BCUT2D eigenvalue weighted by molar-refractivity contribution is 0.130. The Bertz CT molecular complexity index is 539. The summed E-state index contributed by atoms with van der Waals surface area (Å²) in [7, 11) is 1.64. The Morgan fingerprint density at radius 2 is 1.52 bits per heavy atom. The highest BCUT2D eigenvalue weighted by atomic mass is 16.5. The van der Waals surface area contributed by atoms with Crippen molar-refractivity contribution in [3.8, 4) is 5.75 Å². The van der Waals surface area contributed by atoms with Gasteiger partial charge in [0.2, 0.25) is 0 Å². The van der Waals surface area contributed by atoms with Gasteiger partial charge in [0.25, 0.3) is 0 Å². The van der Waals surface area contributed by atoms with E-state index in [2.05, 4.69) is 24.4 Å². The van der Waals surface area contributed by atoms with Crippen molar-refractivity contribution >= 4 is 0 Å². The Hall–Kier alpha value is -1.84. The fourth-order valence-corrected chi connectivity index (χ4v) is 2.41. The molecule has 3 unspecified atom stereocenters. The largest absolute Gasteiger partial charge is 0.497 e. The molecule has 0 saturated heterocycles. The Kier molecular flexibility index (Phi) is 5.37. The molecule has 112 valence electrons. The van der Waals surface area contributed by atoms with Crippen LogP contribution in [0.25, 0.3) is 0 Å². The van der Waals surface area contributed by atoms with Crippen molar-refractivity contribution in [3.05, 3.63) is 65.7 Å². The topological polar surface area (TPSA) is 41.5 Å². The van der Waals surface area contributed by atoms with Crippen LogP contribution in [-0.4, -0.2) is 18.3 Å². The number of methoxy groups -OCH3 is 1. The molecule has 3 heteroatoms. The molecule has 0 spiro atoms. The lowest BCUT2D eigenvalue weighted by Crippen LogP contribution is -2.34. The first-order valence-electron chi connectivity index (χ1n) is 7.25. The normalized spacial score (nSPS) is 15.2. The molecular weight excluding hydrogens is 262 g/mol. The van der Waals surface area contributed by atoms with Crippen LogP contribution in [0.1, 0.15) is 37.1 Å². The number of ether oxygens (including phenoxy) is 1. The standard InChI is InChI=1S/C18H23NO2/c1-13(15-7-5-4-6-8-15)19-14(2)18(20)16-9-11-17(21-3)12-10-16/h4-14,18-20H,1-3H3. The third-order valence-electron chi connectivity index (χ3n) is 3.74. The first-order valence-corrected chi connectivity index (χ1v) is 7.25. The minimum Gasteiger partial charge on any atom is -0.497 e. The maximum atomic E-state index is 10.4. The van der Waals surface area contributed by atoms with E-state index in [0.717, 1.165) is 11.3 Å². The smallest absolute Gasteiger partial charge is 0.118 e. The van der Waals surface area contributed by atoms with Crippen molar-refractivity contribution in [1.82, 2.24) is 5.32 Å². The van der Waals surface area contributed by atoms with Crippen molar-refractivity contribution in [2.75, 3.05) is 7.11 Å². The Labute approximate surface area is 126 Å². The van der Waals surface area contributed by atoms with Crippen molar-refractivity contribution < 1.29 is 9.84 Å². The van der Waals surface area contributed by atoms with E-state index in [1.807, 2.05) is 49.4 Å². The summed E-state index contributed by atoms with van der Waals surface area (Å²) in [6.07, 6.45) is -0.554. The Morgan fingerprint density at radius 1 is 0.905 bits per heavy atom. The molecule has 0 amide bonds. The summed E-state index contributed by atoms with van der Waals surface area (Å²) >= 11 is 0. The van der Waals surface area contributed by atoms with Gasteiger partial charge in [-0.15, -0.1) is 0 Å². The number of hydrogen-bond acceptors (Lipinski definition) is 3. The van der Waals surface area contributed by atoms with E-state index >= 15 is 0 Å². The number of hydrogen-bond donors (Lipinski definition) is 2. The SMILES string of the molecule is COc1ccc(C(O)C(C)NC(C)c2ccccc2)cc1. The quantitative estimate of drug-likeness (QED) is 0.854. The highest BCUT2D eigenvalue weighted by Gasteiger charge is 2.18. The van der Waals surface area contributed by atoms with Crippen LogP contribution in [0.15, 0.2) is 54.6 Å². The minimum atomic E-state index is -0.554. The zero-order valence-corrected chi connectivity index (χ0v) is 12.8. The molecule has 0 aromatic heterocycles. The molecule has 2 aromatic rings. The maximum absolute atomic E-state index is 10.4. The van der Waals surface area contributed by atoms with E-state index in [1.165, 1.54) is 5.56 Å². The zero-order chi connectivity index (χ0) is 15.2. The second-order valence-electron chi connectivity index (χ2n) is 5.31. The van der Waals surface area contributed by atoms with E-state index in [4.69, 9.17) is 4.74 Å². The molecule has 0 aliphatic heterocycles. The fourth-order valence-electron chi connectivity index (χ4n) is 2.41. The van der Waals surface area contributed by atoms with Gasteiger partial charge in [0.1, 0.15) is 5.75 Å². The number of benzene rings is 2. The van der Waals surface area contributed by atoms with Crippen molar-refractivity contribution in [3.63, 3.8) is 0 Å². The van der Waals surface area contributed by atoms with Crippen LogP contribution < -0.4 is 10.1 Å². The number of aliphatic hydroxyl groups is 1. The van der Waals surface area contributed by atoms with Gasteiger partial charge < -0.3 is 15.2 Å². The molecule has 2 rings (SSSR count). The lowest BCUT2D eigenvalue weighted by Gasteiger charge is -2.25. The monoisotopic (exact) mass is 285 g/mol. The summed E-state index contributed by atoms with van der Waals surface area (Å²) in [4.78, 5) is 0. The van der Waals surface area contributed by atoms with Crippen LogP contribution in [0.4, 0.5) is 0 Å². The van der Waals surface area contributed by atoms with E-state index < -0.39 is 6.10 Å². The maximum Gasteiger partial charge on any atom is 0.118 e. The first-order chi connectivity index (χ1) is 10.1. The zero-order valence-electron chi connectivity index (χ0n) is 12.8. The van der Waals surface area contributed by atoms with Crippen LogP contribution in [0, 0.1) is 0 Å². The molecule has 0 aliphatic carbocycles. The number of aliphatic hydroxyl groups excluding tert-OH is 1. The molecule has 21 heavy (non-hydrogen) atoms. The Balaban J connectivity index is 2.00. The van der Waals surface area contributed by atoms with Gasteiger partial charge in [0.05, 0.1) is 13.2 Å². The second kappa shape index (κ2) is 7.25. The average molecular weight is 285 g/mol. The Morgan fingerprint density at radius 3 is 2.10 bits per heavy atom. The predicted molar refractivity (Wildman–Crippen MR) is 85.4 cm³/mol. The van der Waals surface area contributed by atoms with Gasteiger partial charge in [-0.3, -0.25) is 0 Å². The first kappa shape index (κ1) is 15.5. The molecule has 2 aromatic carbocycles. The van der Waals surface area contributed by atoms with E-state index in [1.54, 1.807) is 7.11 Å². The molecule has 0 radical (unpaired) electrons. The van der Waals surface area contributed by atoms with Gasteiger partial charge in [-0.2, -0.15) is 0 Å². The average Bonchev–Trinajstić information content (AvgIpc) is 2.55. The van der Waals surface area contributed by atoms with E-state index in [0.29, 0.717) is 0 Å². The van der Waals surface area contributed by atoms with Crippen LogP contribution in [0.5, 0.6) is 5.75 Å². The van der Waals surface area contributed by atoms with Crippen LogP contribution in [-0.2, 0) is 0 Å². The molecule has 3 nitrogen and oxygen atoms in total. The van der Waals surface area contributed by atoms with Crippen LogP contribution in [0.2, 0.25) is 0 Å². The highest BCUT2D eigenvalue weighted by Crippen LogP contribution is 2.22. The van der Waals surface area contributed by atoms with Gasteiger partial charge in [0.15, 0.2) is 0 Å². The molecule has 0 aliphatic rings. The summed E-state index contributed by atoms with van der Waals surface area (Å²) in [5.74, 6) is 0.796. The fraction of sp³-hybridized carbons (Fsp3) is 0.333. The number of rotatable bonds is 6. The summed E-state index contributed by atoms with van der Waals surface area (Å²) in [6, 6.07) is 17.9. The van der Waals surface area contributed by atoms with E-state index in [9.17, 15) is 5.11 Å². The summed E-state index contributed by atoms with van der Waals surface area (Å²) in [5, 5.41) is 13.9. The molecule has 0 bridgehead atoms. The van der Waals surface area contributed by atoms with Gasteiger partial charge in [-0.05, 0) is 37.1 Å². The van der Waals surface area contributed by atoms with Crippen molar-refractivity contribution in [1.29, 1.82) is 0 Å². The van der Waals surface area contributed by atoms with Gasteiger partial charge in [-0.25, -0.2) is 0 Å².